The van der Waals surface area contributed by atoms with Crippen molar-refractivity contribution in [3.05, 3.63) is 50.6 Å². The maximum absolute atomic E-state index is 6.04. The van der Waals surface area contributed by atoms with Gasteiger partial charge < -0.3 is 10.1 Å². The largest absolute Gasteiger partial charge is 0.486 e. The molecule has 2 nitrogen and oxygen atoms in total. The predicted octanol–water partition coefficient (Wildman–Crippen LogP) is 4.51. The van der Waals surface area contributed by atoms with Gasteiger partial charge in [-0.05, 0) is 47.3 Å². The maximum atomic E-state index is 6.04. The number of para-hydroxylation sites is 1. The molecule has 1 atom stereocenters. The van der Waals surface area contributed by atoms with E-state index in [1.807, 2.05) is 12.1 Å². The van der Waals surface area contributed by atoms with E-state index in [1.54, 1.807) is 11.3 Å². The Balaban J connectivity index is 1.82. The van der Waals surface area contributed by atoms with Crippen molar-refractivity contribution in [3.8, 4) is 5.75 Å². The highest BCUT2D eigenvalue weighted by atomic mass is 79.9. The molecule has 1 unspecified atom stereocenters. The van der Waals surface area contributed by atoms with Gasteiger partial charge in [0.25, 0.3) is 0 Å². The first kappa shape index (κ1) is 13.2. The molecule has 3 rings (SSSR count). The van der Waals surface area contributed by atoms with E-state index in [9.17, 15) is 0 Å². The lowest BCUT2D eigenvalue weighted by molar-refractivity contribution is 0.0959. The number of fused-ring (bicyclic) bond motifs is 1. The Morgan fingerprint density at radius 2 is 2.11 bits per heavy atom. The second kappa shape index (κ2) is 4.93. The van der Waals surface area contributed by atoms with E-state index >= 15 is 0 Å². The Kier molecular flexibility index (Phi) is 3.41. The molecule has 2 aromatic rings. The Hall–Kier alpha value is -0.840. The second-order valence-corrected chi connectivity index (χ2v) is 7.10. The first-order valence-corrected chi connectivity index (χ1v) is 7.98. The summed E-state index contributed by atoms with van der Waals surface area (Å²) in [5.74, 6) is 0.996. The fourth-order valence-corrected chi connectivity index (χ4v) is 3.97. The van der Waals surface area contributed by atoms with Gasteiger partial charge in [0.1, 0.15) is 11.4 Å². The van der Waals surface area contributed by atoms with Crippen LogP contribution in [0.4, 0.5) is 0 Å². The van der Waals surface area contributed by atoms with Gasteiger partial charge >= 0.3 is 0 Å². The van der Waals surface area contributed by atoms with Gasteiger partial charge in [-0.15, -0.1) is 11.3 Å². The van der Waals surface area contributed by atoms with Crippen LogP contribution >= 0.6 is 27.3 Å². The highest BCUT2D eigenvalue weighted by molar-refractivity contribution is 9.10. The minimum Gasteiger partial charge on any atom is -0.486 e. The number of hydrogen-bond donors (Lipinski definition) is 1. The summed E-state index contributed by atoms with van der Waals surface area (Å²) >= 11 is 5.34. The summed E-state index contributed by atoms with van der Waals surface area (Å²) < 4.78 is 7.21. The summed E-state index contributed by atoms with van der Waals surface area (Å²) in [6.45, 7) is 5.12. The van der Waals surface area contributed by atoms with E-state index < -0.39 is 0 Å². The normalized spacial score (nSPS) is 20.1. The van der Waals surface area contributed by atoms with Crippen molar-refractivity contribution >= 4 is 27.3 Å². The summed E-state index contributed by atoms with van der Waals surface area (Å²) in [4.78, 5) is 1.32. The molecule has 0 saturated heterocycles. The van der Waals surface area contributed by atoms with E-state index in [1.165, 1.54) is 14.9 Å². The minimum atomic E-state index is -0.215. The number of rotatable bonds is 3. The molecule has 1 aliphatic rings. The second-order valence-electron chi connectivity index (χ2n) is 5.25. The first-order valence-electron chi connectivity index (χ1n) is 6.31. The summed E-state index contributed by atoms with van der Waals surface area (Å²) in [5, 5.41) is 5.73. The standard InChI is InChI=1S/C15H16BrNOS/c1-15(2)14(10-5-3-4-6-12(10)18-15)17-9-13-11(16)7-8-19-13/h3-8,14,17H,9H2,1-2H3. The van der Waals surface area contributed by atoms with E-state index in [0.29, 0.717) is 0 Å². The lowest BCUT2D eigenvalue weighted by Crippen LogP contribution is -2.38. The lowest BCUT2D eigenvalue weighted by atomic mass is 9.94. The molecule has 0 spiro atoms. The van der Waals surface area contributed by atoms with Crippen LogP contribution in [0.5, 0.6) is 5.75 Å². The van der Waals surface area contributed by atoms with Gasteiger partial charge in [-0.3, -0.25) is 0 Å². The van der Waals surface area contributed by atoms with Crippen LogP contribution in [0.15, 0.2) is 40.2 Å². The van der Waals surface area contributed by atoms with Crippen molar-refractivity contribution in [3.63, 3.8) is 0 Å². The average molecular weight is 338 g/mol. The van der Waals surface area contributed by atoms with E-state index in [0.717, 1.165) is 12.3 Å². The van der Waals surface area contributed by atoms with Crippen molar-refractivity contribution < 1.29 is 4.74 Å². The summed E-state index contributed by atoms with van der Waals surface area (Å²) in [6.07, 6.45) is 0. The Labute approximate surface area is 125 Å². The molecule has 0 saturated carbocycles. The quantitative estimate of drug-likeness (QED) is 0.889. The molecule has 0 fully saturated rings. The fourth-order valence-electron chi connectivity index (χ4n) is 2.53. The molecule has 1 aliphatic heterocycles. The number of thiophene rings is 1. The number of nitrogens with one attached hydrogen (secondary N) is 1. The molecule has 1 aromatic carbocycles. The summed E-state index contributed by atoms with van der Waals surface area (Å²) in [7, 11) is 0. The van der Waals surface area contributed by atoms with Crippen LogP contribution in [-0.4, -0.2) is 5.60 Å². The van der Waals surface area contributed by atoms with Gasteiger partial charge in [0.2, 0.25) is 0 Å². The highest BCUT2D eigenvalue weighted by Gasteiger charge is 2.40. The Morgan fingerprint density at radius 1 is 1.32 bits per heavy atom. The minimum absolute atomic E-state index is 0.215. The zero-order valence-corrected chi connectivity index (χ0v) is 13.3. The van der Waals surface area contributed by atoms with Crippen molar-refractivity contribution in [1.82, 2.24) is 5.32 Å². The number of halogens is 1. The van der Waals surface area contributed by atoms with Gasteiger partial charge in [0.15, 0.2) is 0 Å². The van der Waals surface area contributed by atoms with Gasteiger partial charge in [0.05, 0.1) is 6.04 Å². The Bertz CT molecular complexity index is 593. The third-order valence-electron chi connectivity index (χ3n) is 3.46. The van der Waals surface area contributed by atoms with Crippen molar-refractivity contribution in [2.24, 2.45) is 0 Å². The predicted molar refractivity (Wildman–Crippen MR) is 82.7 cm³/mol. The van der Waals surface area contributed by atoms with Crippen LogP contribution in [0.3, 0.4) is 0 Å². The topological polar surface area (TPSA) is 21.3 Å². The highest BCUT2D eigenvalue weighted by Crippen LogP contribution is 2.43. The van der Waals surface area contributed by atoms with Crippen molar-refractivity contribution in [2.75, 3.05) is 0 Å². The molecular weight excluding hydrogens is 322 g/mol. The summed E-state index contributed by atoms with van der Waals surface area (Å²) in [6, 6.07) is 10.6. The summed E-state index contributed by atoms with van der Waals surface area (Å²) in [5.41, 5.74) is 1.04. The molecular formula is C15H16BrNOS. The molecule has 0 amide bonds. The van der Waals surface area contributed by atoms with Crippen LogP contribution in [-0.2, 0) is 6.54 Å². The maximum Gasteiger partial charge on any atom is 0.125 e. The fraction of sp³-hybridized carbons (Fsp3) is 0.333. The van der Waals surface area contributed by atoms with E-state index in [2.05, 4.69) is 58.7 Å². The monoisotopic (exact) mass is 337 g/mol. The molecule has 0 bridgehead atoms. The van der Waals surface area contributed by atoms with Gasteiger partial charge in [-0.25, -0.2) is 0 Å². The molecule has 0 radical (unpaired) electrons. The third kappa shape index (κ3) is 2.45. The molecule has 100 valence electrons. The average Bonchev–Trinajstić information content (AvgIpc) is 2.87. The van der Waals surface area contributed by atoms with Crippen LogP contribution in [0.1, 0.15) is 30.3 Å². The smallest absolute Gasteiger partial charge is 0.125 e. The van der Waals surface area contributed by atoms with Gasteiger partial charge in [-0.2, -0.15) is 0 Å². The van der Waals surface area contributed by atoms with Crippen LogP contribution in [0.2, 0.25) is 0 Å². The van der Waals surface area contributed by atoms with E-state index in [-0.39, 0.29) is 11.6 Å². The number of benzene rings is 1. The zero-order valence-electron chi connectivity index (χ0n) is 10.9. The van der Waals surface area contributed by atoms with Gasteiger partial charge in [-0.1, -0.05) is 18.2 Å². The molecule has 4 heteroatoms. The Morgan fingerprint density at radius 3 is 2.84 bits per heavy atom. The molecule has 1 N–H and O–H groups in total. The van der Waals surface area contributed by atoms with E-state index in [4.69, 9.17) is 4.74 Å². The molecule has 0 aliphatic carbocycles. The van der Waals surface area contributed by atoms with Crippen molar-refractivity contribution in [2.45, 2.75) is 32.0 Å². The van der Waals surface area contributed by atoms with Crippen molar-refractivity contribution in [1.29, 1.82) is 0 Å². The molecule has 1 aromatic heterocycles. The van der Waals surface area contributed by atoms with Crippen LogP contribution < -0.4 is 10.1 Å². The van der Waals surface area contributed by atoms with Crippen LogP contribution in [0.25, 0.3) is 0 Å². The molecule has 19 heavy (non-hydrogen) atoms. The van der Waals surface area contributed by atoms with Gasteiger partial charge in [0, 0.05) is 21.5 Å². The van der Waals surface area contributed by atoms with Crippen LogP contribution in [0, 0.1) is 0 Å². The lowest BCUT2D eigenvalue weighted by Gasteiger charge is -2.27. The number of hydrogen-bond acceptors (Lipinski definition) is 3. The first-order chi connectivity index (χ1) is 9.08. The number of ether oxygens (including phenoxy) is 1. The molecule has 2 heterocycles. The third-order valence-corrected chi connectivity index (χ3v) is 5.38. The SMILES string of the molecule is CC1(C)Oc2ccccc2C1NCc1sccc1Br. The zero-order chi connectivity index (χ0) is 13.5.